The quantitative estimate of drug-likeness (QED) is 0.510. The van der Waals surface area contributed by atoms with Crippen LogP contribution in [-0.4, -0.2) is 65.9 Å². The smallest absolute Gasteiger partial charge is 0.345 e. The molecule has 0 saturated carbocycles. The minimum atomic E-state index is -1.22. The maximum atomic E-state index is 13.5. The van der Waals surface area contributed by atoms with Gasteiger partial charge in [-0.1, -0.05) is 30.3 Å². The number of esters is 1. The van der Waals surface area contributed by atoms with Crippen molar-refractivity contribution in [3.05, 3.63) is 57.8 Å². The molecule has 3 aliphatic heterocycles. The van der Waals surface area contributed by atoms with Crippen molar-refractivity contribution in [3.63, 3.8) is 0 Å². The van der Waals surface area contributed by atoms with Gasteiger partial charge in [0.25, 0.3) is 0 Å². The lowest BCUT2D eigenvalue weighted by molar-refractivity contribution is -0.167. The largest absolute Gasteiger partial charge is 0.477 e. The highest BCUT2D eigenvalue weighted by molar-refractivity contribution is 7.13. The molecule has 31 heavy (non-hydrogen) atoms. The molecule has 8 heteroatoms. The normalized spacial score (nSPS) is 24.5. The Balaban J connectivity index is 1.50. The second kappa shape index (κ2) is 9.48. The number of benzene rings is 1. The Morgan fingerprint density at radius 1 is 1.16 bits per heavy atom. The van der Waals surface area contributed by atoms with Gasteiger partial charge in [0.1, 0.15) is 16.4 Å². The minimum Gasteiger partial charge on any atom is -0.477 e. The highest BCUT2D eigenvalue weighted by Crippen LogP contribution is 2.33. The molecule has 2 aromatic rings. The molecule has 3 aliphatic rings. The molecular formula is C23H28N2O5S. The Bertz CT molecular complexity index is 910. The predicted octanol–water partition coefficient (Wildman–Crippen LogP) is 2.10. The molecule has 3 fully saturated rings. The summed E-state index contributed by atoms with van der Waals surface area (Å²) < 4.78 is 6.02. The number of carbonyl (C=O) groups excluding carboxylic acids is 1. The van der Waals surface area contributed by atoms with Crippen LogP contribution in [0.5, 0.6) is 0 Å². The van der Waals surface area contributed by atoms with Crippen molar-refractivity contribution in [2.24, 2.45) is 5.92 Å². The van der Waals surface area contributed by atoms with E-state index in [1.54, 1.807) is 12.1 Å². The topological polar surface area (TPSA) is 99.1 Å². The van der Waals surface area contributed by atoms with Crippen LogP contribution in [-0.2, 0) is 21.5 Å². The molecule has 3 saturated heterocycles. The summed E-state index contributed by atoms with van der Waals surface area (Å²) in [6.45, 7) is 3.09. The van der Waals surface area contributed by atoms with Gasteiger partial charge >= 0.3 is 11.9 Å². The van der Waals surface area contributed by atoms with Gasteiger partial charge in [0.2, 0.25) is 0 Å². The lowest BCUT2D eigenvalue weighted by Gasteiger charge is -2.45. The first kappa shape index (κ1) is 22.0. The lowest BCUT2D eigenvalue weighted by Crippen LogP contribution is -2.55. The number of fused-ring (bicyclic) bond motifs is 3. The molecule has 7 nitrogen and oxygen atoms in total. The zero-order valence-corrected chi connectivity index (χ0v) is 18.1. The molecule has 166 valence electrons. The third-order valence-electron chi connectivity index (χ3n) is 6.44. The van der Waals surface area contributed by atoms with Crippen LogP contribution in [0.25, 0.3) is 0 Å². The van der Waals surface area contributed by atoms with Gasteiger partial charge < -0.3 is 20.3 Å². The number of aromatic carboxylic acids is 1. The van der Waals surface area contributed by atoms with Crippen molar-refractivity contribution < 1.29 is 24.5 Å². The second-order valence-electron chi connectivity index (χ2n) is 8.36. The van der Waals surface area contributed by atoms with Crippen molar-refractivity contribution in [1.82, 2.24) is 10.2 Å². The molecule has 0 amide bonds. The summed E-state index contributed by atoms with van der Waals surface area (Å²) in [5.74, 6) is -0.981. The third kappa shape index (κ3) is 4.67. The first-order valence-electron chi connectivity index (χ1n) is 10.6. The van der Waals surface area contributed by atoms with Gasteiger partial charge in [-0.25, -0.2) is 4.79 Å². The molecule has 1 aromatic heterocycles. The van der Waals surface area contributed by atoms with Gasteiger partial charge in [0.05, 0.1) is 6.61 Å². The van der Waals surface area contributed by atoms with E-state index in [2.05, 4.69) is 10.2 Å². The van der Waals surface area contributed by atoms with Crippen molar-refractivity contribution >= 4 is 23.3 Å². The maximum Gasteiger partial charge on any atom is 0.345 e. The van der Waals surface area contributed by atoms with Crippen molar-refractivity contribution in [3.8, 4) is 0 Å². The van der Waals surface area contributed by atoms with E-state index in [1.807, 2.05) is 30.3 Å². The number of nitrogens with one attached hydrogen (secondary N) is 1. The third-order valence-corrected chi connectivity index (χ3v) is 7.51. The molecule has 1 aromatic carbocycles. The zero-order valence-electron chi connectivity index (χ0n) is 17.3. The molecule has 0 radical (unpaired) electrons. The number of piperidine rings is 3. The number of carboxylic acid groups (broad SMARTS) is 1. The molecular weight excluding hydrogens is 416 g/mol. The van der Waals surface area contributed by atoms with Crippen LogP contribution < -0.4 is 5.32 Å². The van der Waals surface area contributed by atoms with Crippen LogP contribution in [0.4, 0.5) is 0 Å². The maximum absolute atomic E-state index is 13.5. The van der Waals surface area contributed by atoms with E-state index >= 15 is 0 Å². The van der Waals surface area contributed by atoms with Crippen molar-refractivity contribution in [2.45, 2.75) is 30.9 Å². The summed E-state index contributed by atoms with van der Waals surface area (Å²) in [4.78, 5) is 28.0. The number of aliphatic hydroxyl groups excluding tert-OH is 1. The fourth-order valence-corrected chi connectivity index (χ4v) is 5.36. The Morgan fingerprint density at radius 2 is 1.90 bits per heavy atom. The van der Waals surface area contributed by atoms with Gasteiger partial charge in [-0.05, 0) is 49.5 Å². The van der Waals surface area contributed by atoms with Crippen LogP contribution in [0.2, 0.25) is 0 Å². The summed E-state index contributed by atoms with van der Waals surface area (Å²) in [5, 5.41) is 22.8. The Hall–Kier alpha value is -2.26. The average molecular weight is 445 g/mol. The molecule has 2 bridgehead atoms. The van der Waals surface area contributed by atoms with Gasteiger partial charge in [-0.15, -0.1) is 11.3 Å². The van der Waals surface area contributed by atoms with Crippen LogP contribution in [0.15, 0.2) is 42.5 Å². The summed E-state index contributed by atoms with van der Waals surface area (Å²) in [6, 6.07) is 12.6. The first-order chi connectivity index (χ1) is 15.0. The number of ether oxygens (including phenoxy) is 1. The zero-order chi connectivity index (χ0) is 21.8. The van der Waals surface area contributed by atoms with E-state index in [1.165, 1.54) is 11.3 Å². The number of hydrogen-bond donors (Lipinski definition) is 3. The van der Waals surface area contributed by atoms with Crippen molar-refractivity contribution in [1.29, 1.82) is 0 Å². The highest BCUT2D eigenvalue weighted by atomic mass is 32.1. The van der Waals surface area contributed by atoms with E-state index in [0.717, 1.165) is 37.4 Å². The number of hydrogen-bond acceptors (Lipinski definition) is 7. The van der Waals surface area contributed by atoms with Gasteiger partial charge in [0.15, 0.2) is 0 Å². The van der Waals surface area contributed by atoms with E-state index in [-0.39, 0.29) is 24.1 Å². The minimum absolute atomic E-state index is 0.139. The fourth-order valence-electron chi connectivity index (χ4n) is 4.54. The molecule has 4 heterocycles. The van der Waals surface area contributed by atoms with Gasteiger partial charge in [0, 0.05) is 24.5 Å². The van der Waals surface area contributed by atoms with Crippen molar-refractivity contribution in [2.75, 3.05) is 32.8 Å². The summed E-state index contributed by atoms with van der Waals surface area (Å²) >= 11 is 1.19. The summed E-state index contributed by atoms with van der Waals surface area (Å²) in [5.41, 5.74) is -0.520. The molecule has 2 atom stereocenters. The monoisotopic (exact) mass is 444 g/mol. The van der Waals surface area contributed by atoms with E-state index in [0.29, 0.717) is 18.0 Å². The summed E-state index contributed by atoms with van der Waals surface area (Å²) in [6.07, 6.45) is 1.94. The van der Waals surface area contributed by atoms with Crippen LogP contribution in [0.1, 0.15) is 33.0 Å². The highest BCUT2D eigenvalue weighted by Gasteiger charge is 2.45. The van der Waals surface area contributed by atoms with E-state index < -0.39 is 17.4 Å². The molecule has 3 N–H and O–H groups in total. The van der Waals surface area contributed by atoms with E-state index in [9.17, 15) is 14.7 Å². The van der Waals surface area contributed by atoms with Gasteiger partial charge in [-0.3, -0.25) is 9.69 Å². The van der Waals surface area contributed by atoms with Crippen LogP contribution in [0, 0.1) is 5.92 Å². The Morgan fingerprint density at radius 3 is 2.48 bits per heavy atom. The second-order valence-corrected chi connectivity index (χ2v) is 9.53. The standard InChI is InChI=1S/C23H28N2O5S/c26-15-23(17-4-2-1-3-5-17,14-24-12-18-6-7-20(31-18)21(27)28)22(29)30-19-13-25-10-8-16(19)9-11-25/h1-7,16,19,24,26H,8-15H2,(H,27,28)/t19-,23?/m0/s1. The predicted molar refractivity (Wildman–Crippen MR) is 117 cm³/mol. The Labute approximate surface area is 185 Å². The number of rotatable bonds is 9. The summed E-state index contributed by atoms with van der Waals surface area (Å²) in [7, 11) is 0. The van der Waals surface area contributed by atoms with Crippen LogP contribution in [0.3, 0.4) is 0 Å². The first-order valence-corrected chi connectivity index (χ1v) is 11.5. The number of nitrogens with zero attached hydrogens (tertiary/aromatic N) is 1. The van der Waals surface area contributed by atoms with E-state index in [4.69, 9.17) is 9.84 Å². The number of thiophene rings is 1. The SMILES string of the molecule is O=C(O)c1ccc(CNCC(CO)(C(=O)O[C@H]2CN3CCC2CC3)c2ccccc2)s1. The molecule has 1 unspecified atom stereocenters. The van der Waals surface area contributed by atoms with Crippen LogP contribution >= 0.6 is 11.3 Å². The Kier molecular flexibility index (Phi) is 6.71. The lowest BCUT2D eigenvalue weighted by atomic mass is 9.80. The number of carboxylic acids is 1. The molecule has 0 aliphatic carbocycles. The molecule has 0 spiro atoms. The number of aliphatic hydroxyl groups is 1. The molecule has 5 rings (SSSR count). The van der Waals surface area contributed by atoms with Gasteiger partial charge in [-0.2, -0.15) is 0 Å². The average Bonchev–Trinajstić information content (AvgIpc) is 3.28. The fraction of sp³-hybridized carbons (Fsp3) is 0.478. The number of carbonyl (C=O) groups is 2.